The third kappa shape index (κ3) is 5.80. The minimum Gasteiger partial charge on any atom is -0.494 e. The SMILES string of the molecule is CCOc1ccc2cc(C#Cc3ccc(N4C=c5ccccc5=NC4/C=C/c4ccc([N+](=O)[O-])s4)c(C)c3)ccc2c1. The Bertz CT molecular complexity index is 2030. The van der Waals surface area contributed by atoms with Crippen LogP contribution in [-0.2, 0) is 0 Å². The number of aryl methyl sites for hydroxylation is 1. The lowest BCUT2D eigenvalue weighted by Gasteiger charge is -2.29. The van der Waals surface area contributed by atoms with Crippen LogP contribution in [0, 0.1) is 28.9 Å². The van der Waals surface area contributed by atoms with E-state index >= 15 is 0 Å². The lowest BCUT2D eigenvalue weighted by atomic mass is 10.1. The fourth-order valence-electron chi connectivity index (χ4n) is 4.93. The van der Waals surface area contributed by atoms with Crippen molar-refractivity contribution in [3.63, 3.8) is 0 Å². The van der Waals surface area contributed by atoms with Crippen LogP contribution in [0.1, 0.15) is 28.5 Å². The average Bonchev–Trinajstić information content (AvgIpc) is 3.48. The van der Waals surface area contributed by atoms with Gasteiger partial charge in [-0.3, -0.25) is 15.1 Å². The molecule has 0 bridgehead atoms. The van der Waals surface area contributed by atoms with Gasteiger partial charge in [0.1, 0.15) is 11.9 Å². The van der Waals surface area contributed by atoms with Gasteiger partial charge in [-0.05, 0) is 96.9 Å². The maximum Gasteiger partial charge on any atom is 0.324 e. The second-order valence-corrected chi connectivity index (χ2v) is 10.9. The summed E-state index contributed by atoms with van der Waals surface area (Å²) in [7, 11) is 0. The zero-order valence-corrected chi connectivity index (χ0v) is 24.0. The first-order chi connectivity index (χ1) is 20.5. The van der Waals surface area contributed by atoms with Gasteiger partial charge in [0.05, 0.1) is 16.9 Å². The number of fused-ring (bicyclic) bond motifs is 2. The van der Waals surface area contributed by atoms with Crippen molar-refractivity contribution in [3.05, 3.63) is 139 Å². The first kappa shape index (κ1) is 27.0. The molecule has 0 fully saturated rings. The number of para-hydroxylation sites is 1. The van der Waals surface area contributed by atoms with Gasteiger partial charge >= 0.3 is 5.00 Å². The van der Waals surface area contributed by atoms with Crippen molar-refractivity contribution in [1.82, 2.24) is 0 Å². The zero-order chi connectivity index (χ0) is 29.1. The molecule has 0 amide bonds. The standard InChI is InChI=1S/C35H27N3O3S/c1-3-41-30-14-13-27-21-26(10-12-28(27)22-30)9-8-25-11-17-33(24(2)20-25)37-23-29-6-4-5-7-32(29)36-34(37)18-15-31-16-19-35(42-31)38(39)40/h4-7,10-23,34H,3H2,1-2H3/b18-15+. The number of thiophene rings is 1. The molecule has 1 aromatic heterocycles. The summed E-state index contributed by atoms with van der Waals surface area (Å²) in [5.74, 6) is 7.50. The van der Waals surface area contributed by atoms with Crippen molar-refractivity contribution < 1.29 is 9.66 Å². The quantitative estimate of drug-likeness (QED) is 0.128. The summed E-state index contributed by atoms with van der Waals surface area (Å²) in [6, 6.07) is 29.8. The number of anilines is 1. The van der Waals surface area contributed by atoms with Crippen LogP contribution in [0.25, 0.3) is 23.0 Å². The van der Waals surface area contributed by atoms with E-state index in [2.05, 4.69) is 60.2 Å². The molecule has 0 saturated heterocycles. The third-order valence-electron chi connectivity index (χ3n) is 6.95. The normalized spacial score (nSPS) is 14.0. The van der Waals surface area contributed by atoms with Crippen molar-refractivity contribution in [2.45, 2.75) is 20.0 Å². The summed E-state index contributed by atoms with van der Waals surface area (Å²) < 4.78 is 5.62. The Labute approximate surface area is 247 Å². The second kappa shape index (κ2) is 11.7. The highest BCUT2D eigenvalue weighted by Gasteiger charge is 2.19. The molecule has 6 nitrogen and oxygen atoms in total. The molecule has 4 aromatic carbocycles. The smallest absolute Gasteiger partial charge is 0.324 e. The fourth-order valence-corrected chi connectivity index (χ4v) is 5.66. The molecule has 5 aromatic rings. The molecule has 0 spiro atoms. The van der Waals surface area contributed by atoms with Crippen molar-refractivity contribution >= 4 is 45.1 Å². The first-order valence-electron chi connectivity index (χ1n) is 13.6. The minimum atomic E-state index is -0.366. The Kier molecular flexibility index (Phi) is 7.54. The molecule has 7 heteroatoms. The Hall–Kier alpha value is -5.19. The van der Waals surface area contributed by atoms with E-state index in [9.17, 15) is 10.1 Å². The fraction of sp³-hybridized carbons (Fsp3) is 0.114. The van der Waals surface area contributed by atoms with Gasteiger partial charge in [-0.25, -0.2) is 0 Å². The summed E-state index contributed by atoms with van der Waals surface area (Å²) in [4.78, 5) is 18.7. The monoisotopic (exact) mass is 569 g/mol. The van der Waals surface area contributed by atoms with Crippen molar-refractivity contribution in [2.75, 3.05) is 11.5 Å². The molecule has 6 rings (SSSR count). The van der Waals surface area contributed by atoms with Crippen LogP contribution >= 0.6 is 11.3 Å². The molecule has 1 atom stereocenters. The summed E-state index contributed by atoms with van der Waals surface area (Å²) >= 11 is 1.15. The lowest BCUT2D eigenvalue weighted by Crippen LogP contribution is -2.41. The Balaban J connectivity index is 1.28. The van der Waals surface area contributed by atoms with E-state index in [0.717, 1.165) is 65.7 Å². The van der Waals surface area contributed by atoms with Crippen LogP contribution in [0.4, 0.5) is 10.7 Å². The van der Waals surface area contributed by atoms with E-state index in [1.165, 1.54) is 6.07 Å². The number of hydrogen-bond acceptors (Lipinski definition) is 6. The van der Waals surface area contributed by atoms with Crippen LogP contribution in [0.5, 0.6) is 5.75 Å². The first-order valence-corrected chi connectivity index (χ1v) is 14.4. The second-order valence-electron chi connectivity index (χ2n) is 9.84. The van der Waals surface area contributed by atoms with E-state index in [1.807, 2.05) is 67.6 Å². The third-order valence-corrected chi connectivity index (χ3v) is 7.95. The Morgan fingerprint density at radius 1 is 0.976 bits per heavy atom. The van der Waals surface area contributed by atoms with Gasteiger partial charge in [0, 0.05) is 39.2 Å². The van der Waals surface area contributed by atoms with E-state index in [0.29, 0.717) is 6.61 Å². The molecule has 1 aliphatic rings. The molecule has 0 aliphatic carbocycles. The molecule has 42 heavy (non-hydrogen) atoms. The number of ether oxygens (including phenoxy) is 1. The lowest BCUT2D eigenvalue weighted by molar-refractivity contribution is -0.380. The summed E-state index contributed by atoms with van der Waals surface area (Å²) in [6.45, 7) is 4.70. The highest BCUT2D eigenvalue weighted by atomic mass is 32.1. The topological polar surface area (TPSA) is 68.0 Å². The van der Waals surface area contributed by atoms with E-state index < -0.39 is 0 Å². The van der Waals surface area contributed by atoms with Gasteiger partial charge in [-0.15, -0.1) is 0 Å². The van der Waals surface area contributed by atoms with Crippen LogP contribution in [0.3, 0.4) is 0 Å². The summed E-state index contributed by atoms with van der Waals surface area (Å²) in [6.07, 6.45) is 5.68. The Morgan fingerprint density at radius 2 is 1.74 bits per heavy atom. The van der Waals surface area contributed by atoms with Gasteiger partial charge in [0.2, 0.25) is 0 Å². The van der Waals surface area contributed by atoms with E-state index in [1.54, 1.807) is 6.07 Å². The molecule has 0 radical (unpaired) electrons. The van der Waals surface area contributed by atoms with Crippen molar-refractivity contribution in [1.29, 1.82) is 0 Å². The molecular formula is C35H27N3O3S. The average molecular weight is 570 g/mol. The molecule has 1 unspecified atom stereocenters. The maximum atomic E-state index is 11.1. The zero-order valence-electron chi connectivity index (χ0n) is 23.2. The molecular weight excluding hydrogens is 542 g/mol. The number of benzene rings is 4. The van der Waals surface area contributed by atoms with E-state index in [-0.39, 0.29) is 16.1 Å². The highest BCUT2D eigenvalue weighted by Crippen LogP contribution is 2.28. The van der Waals surface area contributed by atoms with Gasteiger partial charge in [-0.2, -0.15) is 0 Å². The molecule has 0 N–H and O–H groups in total. The van der Waals surface area contributed by atoms with Gasteiger partial charge in [0.15, 0.2) is 0 Å². The number of rotatable bonds is 6. The largest absolute Gasteiger partial charge is 0.494 e. The van der Waals surface area contributed by atoms with Crippen LogP contribution in [0.2, 0.25) is 0 Å². The minimum absolute atomic E-state index is 0.121. The van der Waals surface area contributed by atoms with Gasteiger partial charge < -0.3 is 9.64 Å². The summed E-state index contributed by atoms with van der Waals surface area (Å²) in [5.41, 5.74) is 3.96. The van der Waals surface area contributed by atoms with Gasteiger partial charge in [-0.1, -0.05) is 53.5 Å². The van der Waals surface area contributed by atoms with E-state index in [4.69, 9.17) is 9.73 Å². The predicted molar refractivity (Wildman–Crippen MR) is 170 cm³/mol. The van der Waals surface area contributed by atoms with Crippen molar-refractivity contribution in [3.8, 4) is 17.6 Å². The highest BCUT2D eigenvalue weighted by molar-refractivity contribution is 7.16. The number of nitrogens with zero attached hydrogens (tertiary/aromatic N) is 3. The van der Waals surface area contributed by atoms with Crippen molar-refractivity contribution in [2.24, 2.45) is 4.99 Å². The van der Waals surface area contributed by atoms with Crippen LogP contribution in [-0.4, -0.2) is 17.7 Å². The number of hydrogen-bond donors (Lipinski definition) is 0. The van der Waals surface area contributed by atoms with Crippen LogP contribution in [0.15, 0.2) is 102 Å². The number of nitro groups is 1. The molecule has 206 valence electrons. The summed E-state index contributed by atoms with van der Waals surface area (Å²) in [5, 5.41) is 15.4. The predicted octanol–water partition coefficient (Wildman–Crippen LogP) is 6.83. The molecule has 2 heterocycles. The Morgan fingerprint density at radius 3 is 2.52 bits per heavy atom. The van der Waals surface area contributed by atoms with Crippen LogP contribution < -0.4 is 20.2 Å². The molecule has 0 saturated carbocycles. The molecule has 1 aliphatic heterocycles. The maximum absolute atomic E-state index is 11.1. The van der Waals surface area contributed by atoms with Gasteiger partial charge in [0.25, 0.3) is 0 Å².